The molecule has 0 amide bonds. The third-order valence-corrected chi connectivity index (χ3v) is 8.78. The summed E-state index contributed by atoms with van der Waals surface area (Å²) in [5, 5.41) is 8.54. The predicted octanol–water partition coefficient (Wildman–Crippen LogP) is 5.89. The van der Waals surface area contributed by atoms with Gasteiger partial charge in [-0.15, -0.1) is 0 Å². The number of nitrogens with one attached hydrogen (secondary N) is 1. The molecule has 236 valence electrons. The lowest BCUT2D eigenvalue weighted by Gasteiger charge is -2.42. The van der Waals surface area contributed by atoms with Gasteiger partial charge in [0.05, 0.1) is 36.6 Å². The van der Waals surface area contributed by atoms with E-state index in [1.165, 1.54) is 0 Å². The summed E-state index contributed by atoms with van der Waals surface area (Å²) in [6.07, 6.45) is 0. The quantitative estimate of drug-likeness (QED) is 0.193. The molecule has 0 saturated carbocycles. The van der Waals surface area contributed by atoms with Crippen LogP contribution in [0.4, 0.5) is 11.5 Å². The Balaban J connectivity index is 1.69. The highest BCUT2D eigenvalue weighted by atomic mass is 16.5. The fraction of sp³-hybridized carbons (Fsp3) is 0.297. The van der Waals surface area contributed by atoms with Gasteiger partial charge in [-0.25, -0.2) is 4.68 Å². The zero-order valence-electron chi connectivity index (χ0n) is 26.7. The molecule has 0 saturated heterocycles. The maximum absolute atomic E-state index is 15.0. The molecule has 0 radical (unpaired) electrons. The van der Waals surface area contributed by atoms with E-state index in [0.29, 0.717) is 33.8 Å². The first-order valence-corrected chi connectivity index (χ1v) is 15.6. The normalized spacial score (nSPS) is 20.3. The molecule has 4 aromatic rings. The Kier molecular flexibility index (Phi) is 8.49. The Morgan fingerprint density at radius 2 is 1.39 bits per heavy atom. The standard InChI is InChI=1S/C37H38N4O5/c1-6-45-36(43)30-28(23-14-10-8-11-15-23)32(37(44)46-7-2)34(42)31-29(30)27-22(3)39-41(26-16-12-9-13-17-26)35(27)38-33(31)24-18-20-25(21-19-24)40(4)5/h8-21,28,30,32-33,38H,6-7H2,1-5H3/t28-,30+,32+,33-/m1/s1. The summed E-state index contributed by atoms with van der Waals surface area (Å²) < 4.78 is 13.1. The fourth-order valence-electron chi connectivity index (χ4n) is 6.80. The number of Topliss-reactive ketones (excluding diaryl/α,β-unsaturated/α-hetero) is 1. The Hall–Kier alpha value is -5.18. The molecular weight excluding hydrogens is 580 g/mol. The Morgan fingerprint density at radius 3 is 1.98 bits per heavy atom. The highest BCUT2D eigenvalue weighted by Crippen LogP contribution is 2.55. The second kappa shape index (κ2) is 12.7. The van der Waals surface area contributed by atoms with Gasteiger partial charge >= 0.3 is 11.9 Å². The number of benzene rings is 3. The molecule has 9 heteroatoms. The number of carbonyl (C=O) groups excluding carboxylic acids is 3. The van der Waals surface area contributed by atoms with Gasteiger partial charge in [0.2, 0.25) is 0 Å². The van der Waals surface area contributed by atoms with Crippen molar-refractivity contribution in [1.82, 2.24) is 9.78 Å². The molecule has 4 atom stereocenters. The Labute approximate surface area is 268 Å². The number of carbonyl (C=O) groups is 3. The minimum absolute atomic E-state index is 0.0981. The van der Waals surface area contributed by atoms with Crippen LogP contribution in [0.2, 0.25) is 0 Å². The van der Waals surface area contributed by atoms with Crippen LogP contribution in [0, 0.1) is 18.8 Å². The highest BCUT2D eigenvalue weighted by Gasteiger charge is 2.55. The van der Waals surface area contributed by atoms with Crippen molar-refractivity contribution in [2.24, 2.45) is 11.8 Å². The second-order valence-electron chi connectivity index (χ2n) is 11.7. The molecule has 3 aromatic carbocycles. The number of aryl methyl sites for hydroxylation is 1. The molecule has 1 N–H and O–H groups in total. The van der Waals surface area contributed by atoms with Crippen LogP contribution in [0.1, 0.15) is 48.2 Å². The average molecular weight is 619 g/mol. The minimum atomic E-state index is -1.26. The first-order valence-electron chi connectivity index (χ1n) is 15.6. The van der Waals surface area contributed by atoms with Crippen LogP contribution in [0.25, 0.3) is 11.3 Å². The van der Waals surface area contributed by atoms with Crippen molar-refractivity contribution in [2.45, 2.75) is 32.7 Å². The predicted molar refractivity (Wildman–Crippen MR) is 177 cm³/mol. The van der Waals surface area contributed by atoms with E-state index in [-0.39, 0.29) is 19.0 Å². The minimum Gasteiger partial charge on any atom is -0.466 e. The first kappa shape index (κ1) is 30.8. The van der Waals surface area contributed by atoms with E-state index in [4.69, 9.17) is 14.6 Å². The summed E-state index contributed by atoms with van der Waals surface area (Å²) in [4.78, 5) is 45.0. The molecule has 46 heavy (non-hydrogen) atoms. The van der Waals surface area contributed by atoms with Crippen molar-refractivity contribution in [3.05, 3.63) is 113 Å². The topological polar surface area (TPSA) is 103 Å². The van der Waals surface area contributed by atoms with Crippen molar-refractivity contribution in [1.29, 1.82) is 0 Å². The zero-order chi connectivity index (χ0) is 32.5. The summed E-state index contributed by atoms with van der Waals surface area (Å²) in [7, 11) is 3.93. The van der Waals surface area contributed by atoms with Gasteiger partial charge in [-0.1, -0.05) is 60.7 Å². The summed E-state index contributed by atoms with van der Waals surface area (Å²) in [5.41, 5.74) is 5.49. The molecule has 2 aliphatic rings. The molecular formula is C37H38N4O5. The summed E-state index contributed by atoms with van der Waals surface area (Å²) in [5.74, 6) is -3.98. The maximum atomic E-state index is 15.0. The largest absolute Gasteiger partial charge is 0.466 e. The van der Waals surface area contributed by atoms with Gasteiger partial charge in [-0.05, 0) is 61.7 Å². The van der Waals surface area contributed by atoms with Gasteiger partial charge in [0.15, 0.2) is 5.78 Å². The molecule has 0 bridgehead atoms. The van der Waals surface area contributed by atoms with Gasteiger partial charge in [-0.3, -0.25) is 14.4 Å². The van der Waals surface area contributed by atoms with Crippen molar-refractivity contribution in [3.8, 4) is 5.69 Å². The average Bonchev–Trinajstić information content (AvgIpc) is 3.41. The Bertz CT molecular complexity index is 1790. The molecule has 2 heterocycles. The van der Waals surface area contributed by atoms with Crippen molar-refractivity contribution in [2.75, 3.05) is 37.5 Å². The molecule has 0 fully saturated rings. The third-order valence-electron chi connectivity index (χ3n) is 8.78. The van der Waals surface area contributed by atoms with E-state index in [0.717, 1.165) is 16.9 Å². The van der Waals surface area contributed by atoms with E-state index in [2.05, 4.69) is 5.32 Å². The van der Waals surface area contributed by atoms with Crippen molar-refractivity contribution < 1.29 is 23.9 Å². The summed E-state index contributed by atoms with van der Waals surface area (Å²) in [6, 6.07) is 26.2. The molecule has 0 unspecified atom stereocenters. The number of ketones is 1. The lowest BCUT2D eigenvalue weighted by Crippen LogP contribution is -2.46. The van der Waals surface area contributed by atoms with Gasteiger partial charge in [0, 0.05) is 36.8 Å². The van der Waals surface area contributed by atoms with Crippen LogP contribution in [-0.4, -0.2) is 54.8 Å². The van der Waals surface area contributed by atoms with Crippen molar-refractivity contribution >= 4 is 34.8 Å². The van der Waals surface area contributed by atoms with Crippen LogP contribution in [-0.2, 0) is 23.9 Å². The summed E-state index contributed by atoms with van der Waals surface area (Å²) in [6.45, 7) is 5.57. The summed E-state index contributed by atoms with van der Waals surface area (Å²) >= 11 is 0. The zero-order valence-corrected chi connectivity index (χ0v) is 26.7. The monoisotopic (exact) mass is 618 g/mol. The smallest absolute Gasteiger partial charge is 0.317 e. The van der Waals surface area contributed by atoms with Crippen LogP contribution in [0.5, 0.6) is 0 Å². The molecule has 6 rings (SSSR count). The number of fused-ring (bicyclic) bond motifs is 2. The van der Waals surface area contributed by atoms with Gasteiger partial charge < -0.3 is 19.7 Å². The van der Waals surface area contributed by atoms with Gasteiger partial charge in [-0.2, -0.15) is 5.10 Å². The molecule has 1 aliphatic heterocycles. The lowest BCUT2D eigenvalue weighted by molar-refractivity contribution is -0.154. The van der Waals surface area contributed by atoms with E-state index < -0.39 is 35.7 Å². The SMILES string of the molecule is CCOC(=O)[C@@H]1C(=O)C2=C(c3c(C)nn(-c4ccccc4)c3N[C@@H]2c2ccc(N(C)C)cc2)[C@@H](C(=O)OCC)[C@H]1c1ccccc1. The third kappa shape index (κ3) is 5.25. The number of rotatable bonds is 8. The molecule has 1 aromatic heterocycles. The number of para-hydroxylation sites is 1. The number of aromatic nitrogens is 2. The van der Waals surface area contributed by atoms with Gasteiger partial charge in [0.25, 0.3) is 0 Å². The van der Waals surface area contributed by atoms with E-state index in [1.54, 1.807) is 13.8 Å². The highest BCUT2D eigenvalue weighted by molar-refractivity contribution is 6.19. The fourth-order valence-corrected chi connectivity index (χ4v) is 6.80. The van der Waals surface area contributed by atoms with E-state index >= 15 is 0 Å². The first-order chi connectivity index (χ1) is 22.3. The second-order valence-corrected chi connectivity index (χ2v) is 11.7. The number of anilines is 2. The number of nitrogens with zero attached hydrogens (tertiary/aromatic N) is 3. The Morgan fingerprint density at radius 1 is 0.804 bits per heavy atom. The maximum Gasteiger partial charge on any atom is 0.317 e. The van der Waals surface area contributed by atoms with Crippen LogP contribution >= 0.6 is 0 Å². The van der Waals surface area contributed by atoms with Crippen LogP contribution in [0.15, 0.2) is 90.5 Å². The number of ether oxygens (including phenoxy) is 2. The van der Waals surface area contributed by atoms with Gasteiger partial charge in [0.1, 0.15) is 11.7 Å². The molecule has 0 spiro atoms. The molecule has 9 nitrogen and oxygen atoms in total. The number of hydrogen-bond donors (Lipinski definition) is 1. The van der Waals surface area contributed by atoms with Crippen molar-refractivity contribution in [3.63, 3.8) is 0 Å². The number of esters is 2. The van der Waals surface area contributed by atoms with Crippen LogP contribution in [0.3, 0.4) is 0 Å². The van der Waals surface area contributed by atoms with Crippen LogP contribution < -0.4 is 10.2 Å². The van der Waals surface area contributed by atoms with E-state index in [1.807, 2.05) is 116 Å². The molecule has 1 aliphatic carbocycles. The lowest BCUT2D eigenvalue weighted by atomic mass is 9.61. The van der Waals surface area contributed by atoms with E-state index in [9.17, 15) is 14.4 Å². The number of hydrogen-bond acceptors (Lipinski definition) is 8.